The normalized spacial score (nSPS) is 11.7. The number of nitro groups is 1. The second kappa shape index (κ2) is 6.66. The van der Waals surface area contributed by atoms with Crippen LogP contribution in [0.2, 0.25) is 0 Å². The Hall–Kier alpha value is -2.71. The number of sulfonamides is 1. The zero-order chi connectivity index (χ0) is 18.0. The van der Waals surface area contributed by atoms with Gasteiger partial charge in [-0.3, -0.25) is 10.1 Å². The fraction of sp³-hybridized carbons (Fsp3) is 0.176. The molecule has 0 atom stereocenters. The summed E-state index contributed by atoms with van der Waals surface area (Å²) in [5.74, 6) is 0. The Bertz CT molecular complexity index is 1040. The molecular formula is C17H17N3O4S. The minimum Gasteiger partial charge on any atom is -0.361 e. The van der Waals surface area contributed by atoms with Gasteiger partial charge in [-0.25, -0.2) is 13.1 Å². The van der Waals surface area contributed by atoms with Crippen molar-refractivity contribution in [3.8, 4) is 0 Å². The van der Waals surface area contributed by atoms with Crippen molar-refractivity contribution in [3.63, 3.8) is 0 Å². The number of H-pyrrole nitrogens is 1. The second-order valence-electron chi connectivity index (χ2n) is 5.77. The Kier molecular flexibility index (Phi) is 4.56. The van der Waals surface area contributed by atoms with Gasteiger partial charge in [-0.15, -0.1) is 0 Å². The molecule has 0 saturated carbocycles. The van der Waals surface area contributed by atoms with E-state index in [1.807, 2.05) is 25.3 Å². The number of benzene rings is 2. The van der Waals surface area contributed by atoms with Crippen molar-refractivity contribution in [2.75, 3.05) is 6.54 Å². The fourth-order valence-corrected chi connectivity index (χ4v) is 3.74. The first kappa shape index (κ1) is 17.1. The number of fused-ring (bicyclic) bond motifs is 1. The molecule has 0 saturated heterocycles. The maximum atomic E-state index is 12.3. The molecule has 130 valence electrons. The highest BCUT2D eigenvalue weighted by Crippen LogP contribution is 2.20. The summed E-state index contributed by atoms with van der Waals surface area (Å²) in [5, 5.41) is 11.9. The van der Waals surface area contributed by atoms with Crippen molar-refractivity contribution in [2.24, 2.45) is 0 Å². The lowest BCUT2D eigenvalue weighted by atomic mass is 10.1. The van der Waals surface area contributed by atoms with Crippen molar-refractivity contribution < 1.29 is 13.3 Å². The molecule has 0 amide bonds. The lowest BCUT2D eigenvalue weighted by molar-refractivity contribution is -0.385. The van der Waals surface area contributed by atoms with Crippen LogP contribution < -0.4 is 4.72 Å². The Labute approximate surface area is 144 Å². The quantitative estimate of drug-likeness (QED) is 0.521. The maximum absolute atomic E-state index is 12.3. The molecule has 0 spiro atoms. The summed E-state index contributed by atoms with van der Waals surface area (Å²) < 4.78 is 27.1. The predicted molar refractivity (Wildman–Crippen MR) is 95.0 cm³/mol. The first-order valence-electron chi connectivity index (χ1n) is 7.67. The molecule has 0 aliphatic rings. The molecule has 7 nitrogen and oxygen atoms in total. The van der Waals surface area contributed by atoms with Gasteiger partial charge in [0.1, 0.15) is 0 Å². The summed E-state index contributed by atoms with van der Waals surface area (Å²) in [6, 6.07) is 11.1. The van der Waals surface area contributed by atoms with E-state index in [4.69, 9.17) is 0 Å². The van der Waals surface area contributed by atoms with E-state index in [1.165, 1.54) is 18.2 Å². The van der Waals surface area contributed by atoms with Crippen LogP contribution in [0.5, 0.6) is 0 Å². The summed E-state index contributed by atoms with van der Waals surface area (Å²) in [6.45, 7) is 2.20. The number of aromatic amines is 1. The molecule has 1 aromatic heterocycles. The van der Waals surface area contributed by atoms with E-state index in [1.54, 1.807) is 0 Å². The monoisotopic (exact) mass is 359 g/mol. The van der Waals surface area contributed by atoms with Crippen molar-refractivity contribution in [1.29, 1.82) is 0 Å². The summed E-state index contributed by atoms with van der Waals surface area (Å²) in [4.78, 5) is 13.2. The molecule has 0 radical (unpaired) electrons. The van der Waals surface area contributed by atoms with Gasteiger partial charge in [0.2, 0.25) is 10.0 Å². The topological polar surface area (TPSA) is 105 Å². The SMILES string of the molecule is Cc1ccc2[nH]cc(CCNS(=O)(=O)c3cccc([N+](=O)[O-])c3)c2c1. The van der Waals surface area contributed by atoms with E-state index in [-0.39, 0.29) is 17.1 Å². The molecular weight excluding hydrogens is 342 g/mol. The van der Waals surface area contributed by atoms with Crippen LogP contribution in [0.1, 0.15) is 11.1 Å². The lowest BCUT2D eigenvalue weighted by Crippen LogP contribution is -2.26. The number of nitrogens with zero attached hydrogens (tertiary/aromatic N) is 1. The Morgan fingerprint density at radius 3 is 2.76 bits per heavy atom. The van der Waals surface area contributed by atoms with Gasteiger partial charge in [0, 0.05) is 35.8 Å². The van der Waals surface area contributed by atoms with Crippen LogP contribution in [0.4, 0.5) is 5.69 Å². The molecule has 25 heavy (non-hydrogen) atoms. The van der Waals surface area contributed by atoms with Crippen LogP contribution >= 0.6 is 0 Å². The van der Waals surface area contributed by atoms with Crippen molar-refractivity contribution in [3.05, 3.63) is 69.9 Å². The number of nitrogens with one attached hydrogen (secondary N) is 2. The molecule has 2 N–H and O–H groups in total. The standard InChI is InChI=1S/C17H17N3O4S/c1-12-5-6-17-16(9-12)13(11-18-17)7-8-19-25(23,24)15-4-2-3-14(10-15)20(21)22/h2-6,9-11,18-19H,7-8H2,1H3. The minimum absolute atomic E-state index is 0.114. The molecule has 0 bridgehead atoms. The Morgan fingerprint density at radius 1 is 1.20 bits per heavy atom. The average molecular weight is 359 g/mol. The van der Waals surface area contributed by atoms with Crippen LogP contribution in [0.15, 0.2) is 53.6 Å². The van der Waals surface area contributed by atoms with Crippen molar-refractivity contribution in [1.82, 2.24) is 9.71 Å². The van der Waals surface area contributed by atoms with Gasteiger partial charge >= 0.3 is 0 Å². The Morgan fingerprint density at radius 2 is 2.00 bits per heavy atom. The zero-order valence-corrected chi connectivity index (χ0v) is 14.3. The van der Waals surface area contributed by atoms with E-state index >= 15 is 0 Å². The van der Waals surface area contributed by atoms with Crippen molar-refractivity contribution >= 4 is 26.6 Å². The highest BCUT2D eigenvalue weighted by Gasteiger charge is 2.17. The summed E-state index contributed by atoms with van der Waals surface area (Å²) in [7, 11) is -3.80. The maximum Gasteiger partial charge on any atom is 0.270 e. The number of rotatable bonds is 6. The number of non-ortho nitro benzene ring substituents is 1. The number of aromatic nitrogens is 1. The molecule has 2 aromatic carbocycles. The average Bonchev–Trinajstić information content (AvgIpc) is 2.97. The highest BCUT2D eigenvalue weighted by atomic mass is 32.2. The van der Waals surface area contributed by atoms with E-state index in [0.29, 0.717) is 6.42 Å². The zero-order valence-electron chi connectivity index (χ0n) is 13.5. The van der Waals surface area contributed by atoms with Gasteiger partial charge in [-0.05, 0) is 37.1 Å². The number of nitro benzene ring substituents is 1. The van der Waals surface area contributed by atoms with Crippen LogP contribution in [-0.2, 0) is 16.4 Å². The largest absolute Gasteiger partial charge is 0.361 e. The highest BCUT2D eigenvalue weighted by molar-refractivity contribution is 7.89. The Balaban J connectivity index is 1.73. The first-order valence-corrected chi connectivity index (χ1v) is 9.16. The van der Waals surface area contributed by atoms with Gasteiger partial charge in [0.15, 0.2) is 0 Å². The van der Waals surface area contributed by atoms with E-state index in [2.05, 4.69) is 15.8 Å². The van der Waals surface area contributed by atoms with Gasteiger partial charge in [0.05, 0.1) is 9.82 Å². The van der Waals surface area contributed by atoms with Crippen LogP contribution in [0.25, 0.3) is 10.9 Å². The smallest absolute Gasteiger partial charge is 0.270 e. The molecule has 0 unspecified atom stereocenters. The number of aryl methyl sites for hydroxylation is 1. The summed E-state index contributed by atoms with van der Waals surface area (Å²) in [6.07, 6.45) is 2.38. The molecule has 1 heterocycles. The fourth-order valence-electron chi connectivity index (χ4n) is 2.67. The number of hydrogen-bond acceptors (Lipinski definition) is 4. The second-order valence-corrected chi connectivity index (χ2v) is 7.53. The molecule has 0 aliphatic carbocycles. The van der Waals surface area contributed by atoms with E-state index in [0.717, 1.165) is 28.1 Å². The predicted octanol–water partition coefficient (Wildman–Crippen LogP) is 2.91. The number of hydrogen-bond donors (Lipinski definition) is 2. The van der Waals surface area contributed by atoms with Gasteiger partial charge in [0.25, 0.3) is 5.69 Å². The van der Waals surface area contributed by atoms with Gasteiger partial charge in [-0.2, -0.15) is 0 Å². The summed E-state index contributed by atoms with van der Waals surface area (Å²) >= 11 is 0. The third kappa shape index (κ3) is 3.70. The van der Waals surface area contributed by atoms with Crippen LogP contribution in [0.3, 0.4) is 0 Å². The lowest BCUT2D eigenvalue weighted by Gasteiger charge is -2.06. The van der Waals surface area contributed by atoms with Gasteiger partial charge in [-0.1, -0.05) is 17.7 Å². The minimum atomic E-state index is -3.80. The molecule has 3 aromatic rings. The molecule has 8 heteroatoms. The van der Waals surface area contributed by atoms with Crippen LogP contribution in [0, 0.1) is 17.0 Å². The van der Waals surface area contributed by atoms with Crippen LogP contribution in [-0.4, -0.2) is 24.9 Å². The summed E-state index contributed by atoms with van der Waals surface area (Å²) in [5.41, 5.74) is 2.89. The first-order chi connectivity index (χ1) is 11.9. The third-order valence-electron chi connectivity index (χ3n) is 3.95. The van der Waals surface area contributed by atoms with E-state index in [9.17, 15) is 18.5 Å². The third-order valence-corrected chi connectivity index (χ3v) is 5.41. The molecule has 3 rings (SSSR count). The van der Waals surface area contributed by atoms with Gasteiger partial charge < -0.3 is 4.98 Å². The van der Waals surface area contributed by atoms with E-state index < -0.39 is 14.9 Å². The molecule has 0 fully saturated rings. The molecule has 0 aliphatic heterocycles. The van der Waals surface area contributed by atoms with Crippen molar-refractivity contribution in [2.45, 2.75) is 18.2 Å².